The van der Waals surface area contributed by atoms with E-state index in [-0.39, 0.29) is 17.7 Å². The number of nitrogens with one attached hydrogen (secondary N) is 1. The number of thiazole rings is 1. The number of pyridine rings is 1. The number of anilines is 2. The Morgan fingerprint density at radius 1 is 1.04 bits per heavy atom. The van der Waals surface area contributed by atoms with Crippen LogP contribution in [0.15, 0.2) is 59.8 Å². The maximum atomic E-state index is 13.4. The highest BCUT2D eigenvalue weighted by Gasteiger charge is 2.48. The van der Waals surface area contributed by atoms with Crippen LogP contribution in [0.4, 0.5) is 24.1 Å². The molecule has 264 valence electrons. The second kappa shape index (κ2) is 15.8. The molecule has 2 unspecified atom stereocenters. The number of aliphatic hydroxyl groups is 1. The summed E-state index contributed by atoms with van der Waals surface area (Å²) in [5, 5.41) is 23.0. The van der Waals surface area contributed by atoms with E-state index in [1.54, 1.807) is 16.9 Å². The van der Waals surface area contributed by atoms with Gasteiger partial charge in [0.05, 0.1) is 11.3 Å². The number of benzene rings is 1. The first-order valence-electron chi connectivity index (χ1n) is 16.2. The summed E-state index contributed by atoms with van der Waals surface area (Å²) >= 11 is 2.70. The van der Waals surface area contributed by atoms with E-state index in [0.717, 1.165) is 81.6 Å². The Morgan fingerprint density at radius 3 is 2.57 bits per heavy atom. The van der Waals surface area contributed by atoms with Gasteiger partial charge < -0.3 is 24.6 Å². The Kier molecular flexibility index (Phi) is 11.8. The molecule has 1 aliphatic heterocycles. The van der Waals surface area contributed by atoms with Gasteiger partial charge in [0.1, 0.15) is 28.1 Å². The molecule has 10 nitrogen and oxygen atoms in total. The number of aliphatic hydroxyl groups excluding tert-OH is 1. The van der Waals surface area contributed by atoms with Crippen LogP contribution in [0.5, 0.6) is 5.88 Å². The standard InChI is InChI=1S/C33H37F3N6O3S2.CH4O/c1-32(2,33(34,35)36)20-45-26-15-17-42(39-26)29-28-23-12-7-6-11-21(23)10-5-3-4-8-16-41(19-22-18-24(22)30(43)44)25-13-9-14-27(37-25)47-40-31(38-28)46-29;1-2/h6-7,9,11-15,17,22,24H,3-5,8,10,16,18-20H2,1-2H3,(H,38,40)(H,43,44);2H,1H3. The highest BCUT2D eigenvalue weighted by Crippen LogP contribution is 2.41. The van der Waals surface area contributed by atoms with Gasteiger partial charge in [0.2, 0.25) is 5.88 Å². The summed E-state index contributed by atoms with van der Waals surface area (Å²) in [7, 11) is 1.00. The van der Waals surface area contributed by atoms with Gasteiger partial charge in [-0.1, -0.05) is 54.5 Å². The van der Waals surface area contributed by atoms with Crippen molar-refractivity contribution in [2.24, 2.45) is 17.3 Å². The number of hydrogen-bond donors (Lipinski definition) is 3. The molecular weight excluding hydrogens is 678 g/mol. The molecule has 1 saturated carbocycles. The number of hydrogen-bond acceptors (Lipinski definition) is 10. The van der Waals surface area contributed by atoms with Gasteiger partial charge in [-0.25, -0.2) is 14.6 Å². The number of aliphatic carboxylic acids is 1. The highest BCUT2D eigenvalue weighted by atomic mass is 32.2. The molecule has 49 heavy (non-hydrogen) atoms. The predicted molar refractivity (Wildman–Crippen MR) is 185 cm³/mol. The lowest BCUT2D eigenvalue weighted by Crippen LogP contribution is -2.37. The molecule has 4 bridgehead atoms. The number of carbonyl (C=O) groups is 1. The molecule has 1 aromatic carbocycles. The average molecular weight is 719 g/mol. The third-order valence-electron chi connectivity index (χ3n) is 8.60. The van der Waals surface area contributed by atoms with E-state index in [2.05, 4.69) is 20.8 Å². The number of fused-ring (bicyclic) bond motifs is 6. The maximum absolute atomic E-state index is 13.4. The Morgan fingerprint density at radius 2 is 1.82 bits per heavy atom. The van der Waals surface area contributed by atoms with Crippen LogP contribution in [-0.2, 0) is 11.2 Å². The fraction of sp³-hybridized carbons (Fsp3) is 0.471. The quantitative estimate of drug-likeness (QED) is 0.164. The summed E-state index contributed by atoms with van der Waals surface area (Å²) in [4.78, 5) is 23.6. The number of carboxylic acids is 1. The minimum Gasteiger partial charge on any atom is -0.481 e. The van der Waals surface area contributed by atoms with Crippen molar-refractivity contribution in [3.05, 3.63) is 60.3 Å². The van der Waals surface area contributed by atoms with Crippen molar-refractivity contribution in [1.29, 1.82) is 0 Å². The Balaban J connectivity index is 0.00000230. The molecule has 0 radical (unpaired) electrons. The SMILES string of the molecule is CC(C)(COc1ccn(-c2sc3nc2-c2ccccc2CCCCCCN(CC2CC2C(=O)O)c2cccc(n2)SN3)n1)C(F)(F)F.CO. The lowest BCUT2D eigenvalue weighted by Gasteiger charge is -2.26. The van der Waals surface area contributed by atoms with E-state index in [4.69, 9.17) is 19.8 Å². The lowest BCUT2D eigenvalue weighted by atomic mass is 9.94. The molecule has 2 atom stereocenters. The topological polar surface area (TPSA) is 126 Å². The van der Waals surface area contributed by atoms with Crippen LogP contribution in [0.1, 0.15) is 51.5 Å². The lowest BCUT2D eigenvalue weighted by molar-refractivity contribution is -0.219. The van der Waals surface area contributed by atoms with Crippen LogP contribution in [0.2, 0.25) is 0 Å². The molecule has 6 rings (SSSR count). The molecule has 0 spiro atoms. The second-order valence-corrected chi connectivity index (χ2v) is 14.5. The number of alkyl halides is 3. The fourth-order valence-electron chi connectivity index (χ4n) is 5.53. The molecule has 3 N–H and O–H groups in total. The van der Waals surface area contributed by atoms with E-state index >= 15 is 0 Å². The largest absolute Gasteiger partial charge is 0.481 e. The van der Waals surface area contributed by atoms with Crippen molar-refractivity contribution in [1.82, 2.24) is 19.7 Å². The smallest absolute Gasteiger partial charge is 0.397 e. The zero-order chi connectivity index (χ0) is 35.2. The number of nitrogens with zero attached hydrogens (tertiary/aromatic N) is 5. The normalized spacial score (nSPS) is 18.3. The van der Waals surface area contributed by atoms with Gasteiger partial charge in [-0.05, 0) is 63.1 Å². The zero-order valence-electron chi connectivity index (χ0n) is 27.6. The predicted octanol–water partition coefficient (Wildman–Crippen LogP) is 7.73. The zero-order valence-corrected chi connectivity index (χ0v) is 29.2. The van der Waals surface area contributed by atoms with E-state index in [1.165, 1.54) is 23.3 Å². The summed E-state index contributed by atoms with van der Waals surface area (Å²) in [6, 6.07) is 15.5. The first-order valence-corrected chi connectivity index (χ1v) is 17.8. The minimum atomic E-state index is -4.41. The van der Waals surface area contributed by atoms with Gasteiger partial charge in [0, 0.05) is 50.0 Å². The second-order valence-electron chi connectivity index (χ2n) is 12.7. The van der Waals surface area contributed by atoms with E-state index in [0.29, 0.717) is 28.8 Å². The van der Waals surface area contributed by atoms with Crippen molar-refractivity contribution in [3.63, 3.8) is 0 Å². The van der Waals surface area contributed by atoms with Gasteiger partial charge in [0.25, 0.3) is 0 Å². The van der Waals surface area contributed by atoms with Gasteiger partial charge in [-0.15, -0.1) is 5.10 Å². The van der Waals surface area contributed by atoms with Gasteiger partial charge in [-0.2, -0.15) is 13.2 Å². The van der Waals surface area contributed by atoms with Crippen LogP contribution in [-0.4, -0.2) is 68.9 Å². The van der Waals surface area contributed by atoms with Crippen molar-refractivity contribution < 1.29 is 32.9 Å². The number of rotatable bonds is 7. The highest BCUT2D eigenvalue weighted by molar-refractivity contribution is 8.00. The summed E-state index contributed by atoms with van der Waals surface area (Å²) in [6.07, 6.45) is 2.87. The first-order chi connectivity index (χ1) is 23.5. The molecule has 0 amide bonds. The Hall–Kier alpha value is -3.82. The van der Waals surface area contributed by atoms with Gasteiger partial charge in [0.15, 0.2) is 5.13 Å². The third kappa shape index (κ3) is 9.05. The maximum Gasteiger partial charge on any atom is 0.397 e. The van der Waals surface area contributed by atoms with Crippen LogP contribution in [0.3, 0.4) is 0 Å². The van der Waals surface area contributed by atoms with Crippen molar-refractivity contribution in [2.75, 3.05) is 36.4 Å². The molecule has 1 aliphatic carbocycles. The van der Waals surface area contributed by atoms with Crippen LogP contribution >= 0.6 is 23.3 Å². The average Bonchev–Trinajstić information content (AvgIpc) is 3.49. The monoisotopic (exact) mass is 718 g/mol. The number of aromatic nitrogens is 4. The van der Waals surface area contributed by atoms with Gasteiger partial charge in [-0.3, -0.25) is 4.79 Å². The minimum absolute atomic E-state index is 0.0970. The molecule has 15 heteroatoms. The fourth-order valence-corrected chi connectivity index (χ4v) is 7.11. The van der Waals surface area contributed by atoms with E-state index in [1.807, 2.05) is 36.4 Å². The number of aryl methyl sites for hydroxylation is 1. The summed E-state index contributed by atoms with van der Waals surface area (Å²) in [6.45, 7) is 3.13. The Bertz CT molecular complexity index is 1710. The summed E-state index contributed by atoms with van der Waals surface area (Å²) in [5.74, 6) is 0.0398. The Labute approximate surface area is 291 Å². The molecule has 0 saturated heterocycles. The first kappa shape index (κ1) is 36.5. The van der Waals surface area contributed by atoms with Crippen molar-refractivity contribution >= 4 is 40.2 Å². The van der Waals surface area contributed by atoms with Crippen molar-refractivity contribution in [3.8, 4) is 22.1 Å². The van der Waals surface area contributed by atoms with E-state index in [9.17, 15) is 23.1 Å². The molecule has 4 aromatic rings. The number of ether oxygens (including phenoxy) is 1. The third-order valence-corrected chi connectivity index (χ3v) is 10.4. The number of halogens is 3. The van der Waals surface area contributed by atoms with Crippen LogP contribution in [0, 0.1) is 17.3 Å². The molecule has 3 aromatic heterocycles. The van der Waals surface area contributed by atoms with Crippen LogP contribution in [0.25, 0.3) is 16.3 Å². The van der Waals surface area contributed by atoms with Crippen molar-refractivity contribution in [2.45, 2.75) is 63.6 Å². The molecular formula is C34H41F3N6O4S2. The van der Waals surface area contributed by atoms with Gasteiger partial charge >= 0.3 is 12.1 Å². The summed E-state index contributed by atoms with van der Waals surface area (Å²) < 4.78 is 50.7. The van der Waals surface area contributed by atoms with Crippen LogP contribution < -0.4 is 14.4 Å². The molecule has 2 aliphatic rings. The number of carboxylic acid groups (broad SMARTS) is 1. The molecule has 1 fully saturated rings. The van der Waals surface area contributed by atoms with E-state index < -0.39 is 24.2 Å². The molecule has 4 heterocycles. The summed E-state index contributed by atoms with van der Waals surface area (Å²) in [5.41, 5.74) is 0.817.